The van der Waals surface area contributed by atoms with Gasteiger partial charge in [0.25, 0.3) is 0 Å². The standard InChI is InChI=1S/C10H17N3/c1-7-9(13-8(2)12-7)3-4-10(11)5-6-10/h3-6,11H2,1-2H3,(H,12,13). The van der Waals surface area contributed by atoms with Crippen molar-refractivity contribution >= 4 is 0 Å². The molecule has 72 valence electrons. The highest BCUT2D eigenvalue weighted by molar-refractivity contribution is 5.14. The SMILES string of the molecule is Cc1nc(CCC2(N)CC2)c(C)[nH]1. The predicted molar refractivity (Wildman–Crippen MR) is 52.5 cm³/mol. The Morgan fingerprint density at radius 1 is 1.46 bits per heavy atom. The molecule has 1 aromatic heterocycles. The van der Waals surface area contributed by atoms with E-state index < -0.39 is 0 Å². The molecule has 3 heteroatoms. The van der Waals surface area contributed by atoms with Crippen molar-refractivity contribution in [2.75, 3.05) is 0 Å². The Morgan fingerprint density at radius 3 is 2.62 bits per heavy atom. The second-order valence-electron chi connectivity index (χ2n) is 4.26. The summed E-state index contributed by atoms with van der Waals surface area (Å²) in [4.78, 5) is 7.64. The molecule has 13 heavy (non-hydrogen) atoms. The summed E-state index contributed by atoms with van der Waals surface area (Å²) in [5.41, 5.74) is 8.55. The summed E-state index contributed by atoms with van der Waals surface area (Å²) < 4.78 is 0. The number of aromatic nitrogens is 2. The fourth-order valence-electron chi connectivity index (χ4n) is 1.68. The molecule has 0 bridgehead atoms. The summed E-state index contributed by atoms with van der Waals surface area (Å²) in [7, 11) is 0. The Labute approximate surface area is 78.7 Å². The first-order valence-corrected chi connectivity index (χ1v) is 4.90. The van der Waals surface area contributed by atoms with Crippen molar-refractivity contribution in [1.29, 1.82) is 0 Å². The van der Waals surface area contributed by atoms with E-state index >= 15 is 0 Å². The fraction of sp³-hybridized carbons (Fsp3) is 0.700. The summed E-state index contributed by atoms with van der Waals surface area (Å²) in [6.07, 6.45) is 4.48. The van der Waals surface area contributed by atoms with Gasteiger partial charge in [-0.1, -0.05) is 0 Å². The average Bonchev–Trinajstić information content (AvgIpc) is 2.69. The minimum atomic E-state index is 0.152. The van der Waals surface area contributed by atoms with Gasteiger partial charge in [-0.15, -0.1) is 0 Å². The van der Waals surface area contributed by atoms with Crippen molar-refractivity contribution < 1.29 is 0 Å². The molecule has 1 aliphatic rings. The topological polar surface area (TPSA) is 54.7 Å². The predicted octanol–water partition coefficient (Wildman–Crippen LogP) is 1.45. The molecule has 1 fully saturated rings. The van der Waals surface area contributed by atoms with Crippen LogP contribution in [0, 0.1) is 13.8 Å². The van der Waals surface area contributed by atoms with Crippen molar-refractivity contribution in [3.8, 4) is 0 Å². The van der Waals surface area contributed by atoms with Gasteiger partial charge in [0.2, 0.25) is 0 Å². The maximum atomic E-state index is 6.01. The summed E-state index contributed by atoms with van der Waals surface area (Å²) in [6, 6.07) is 0. The molecule has 0 unspecified atom stereocenters. The summed E-state index contributed by atoms with van der Waals surface area (Å²) in [5, 5.41) is 0. The summed E-state index contributed by atoms with van der Waals surface area (Å²) in [5.74, 6) is 1.01. The first-order chi connectivity index (χ1) is 6.09. The summed E-state index contributed by atoms with van der Waals surface area (Å²) >= 11 is 0. The average molecular weight is 179 g/mol. The van der Waals surface area contributed by atoms with E-state index in [4.69, 9.17) is 5.73 Å². The Kier molecular flexibility index (Phi) is 1.91. The second kappa shape index (κ2) is 2.84. The van der Waals surface area contributed by atoms with Crippen LogP contribution in [0.4, 0.5) is 0 Å². The van der Waals surface area contributed by atoms with Crippen molar-refractivity contribution in [2.45, 2.75) is 45.1 Å². The van der Waals surface area contributed by atoms with Crippen molar-refractivity contribution in [3.63, 3.8) is 0 Å². The zero-order valence-electron chi connectivity index (χ0n) is 8.35. The number of aromatic amines is 1. The van der Waals surface area contributed by atoms with E-state index in [9.17, 15) is 0 Å². The highest BCUT2D eigenvalue weighted by atomic mass is 14.9. The highest BCUT2D eigenvalue weighted by Crippen LogP contribution is 2.36. The van der Waals surface area contributed by atoms with E-state index in [2.05, 4.69) is 16.9 Å². The molecule has 1 aromatic rings. The van der Waals surface area contributed by atoms with E-state index in [0.29, 0.717) is 0 Å². The zero-order chi connectivity index (χ0) is 9.47. The van der Waals surface area contributed by atoms with E-state index in [-0.39, 0.29) is 5.54 Å². The van der Waals surface area contributed by atoms with Crippen molar-refractivity contribution in [3.05, 3.63) is 17.2 Å². The molecule has 2 rings (SSSR count). The van der Waals surface area contributed by atoms with Crippen LogP contribution in [0.3, 0.4) is 0 Å². The zero-order valence-corrected chi connectivity index (χ0v) is 8.35. The third-order valence-electron chi connectivity index (χ3n) is 2.86. The lowest BCUT2D eigenvalue weighted by atomic mass is 10.1. The molecule has 1 saturated carbocycles. The van der Waals surface area contributed by atoms with Crippen LogP contribution in [-0.4, -0.2) is 15.5 Å². The normalized spacial score (nSPS) is 19.0. The third kappa shape index (κ3) is 1.91. The van der Waals surface area contributed by atoms with Crippen LogP contribution in [0.25, 0.3) is 0 Å². The largest absolute Gasteiger partial charge is 0.346 e. The van der Waals surface area contributed by atoms with Gasteiger partial charge in [-0.25, -0.2) is 4.98 Å². The third-order valence-corrected chi connectivity index (χ3v) is 2.86. The lowest BCUT2D eigenvalue weighted by molar-refractivity contribution is 0.603. The van der Waals surface area contributed by atoms with E-state index in [1.54, 1.807) is 0 Å². The van der Waals surface area contributed by atoms with Crippen molar-refractivity contribution in [1.82, 2.24) is 9.97 Å². The van der Waals surface area contributed by atoms with Crippen LogP contribution in [0.1, 0.15) is 36.5 Å². The number of nitrogens with two attached hydrogens (primary N) is 1. The maximum Gasteiger partial charge on any atom is 0.103 e. The van der Waals surface area contributed by atoms with Gasteiger partial charge in [-0.2, -0.15) is 0 Å². The van der Waals surface area contributed by atoms with Gasteiger partial charge in [-0.05, 0) is 39.5 Å². The molecule has 0 aromatic carbocycles. The van der Waals surface area contributed by atoms with E-state index in [1.165, 1.54) is 24.2 Å². The molecule has 0 aliphatic heterocycles. The monoisotopic (exact) mass is 179 g/mol. The Morgan fingerprint density at radius 2 is 2.15 bits per heavy atom. The maximum absolute atomic E-state index is 6.01. The Bertz CT molecular complexity index is 310. The smallest absolute Gasteiger partial charge is 0.103 e. The molecule has 3 nitrogen and oxygen atoms in total. The first-order valence-electron chi connectivity index (χ1n) is 4.90. The van der Waals surface area contributed by atoms with Gasteiger partial charge < -0.3 is 10.7 Å². The number of hydrogen-bond acceptors (Lipinski definition) is 2. The number of H-pyrrole nitrogens is 1. The number of rotatable bonds is 3. The summed E-state index contributed by atoms with van der Waals surface area (Å²) in [6.45, 7) is 4.07. The lowest BCUT2D eigenvalue weighted by Gasteiger charge is -2.06. The highest BCUT2D eigenvalue weighted by Gasteiger charge is 2.37. The number of nitrogens with one attached hydrogen (secondary N) is 1. The molecule has 0 amide bonds. The van der Waals surface area contributed by atoms with E-state index in [1.807, 2.05) is 6.92 Å². The number of hydrogen-bond donors (Lipinski definition) is 2. The molecule has 0 spiro atoms. The van der Waals surface area contributed by atoms with Gasteiger partial charge in [-0.3, -0.25) is 0 Å². The van der Waals surface area contributed by atoms with Crippen LogP contribution >= 0.6 is 0 Å². The minimum Gasteiger partial charge on any atom is -0.346 e. The van der Waals surface area contributed by atoms with Crippen LogP contribution in [-0.2, 0) is 6.42 Å². The van der Waals surface area contributed by atoms with Gasteiger partial charge in [0.05, 0.1) is 5.69 Å². The quantitative estimate of drug-likeness (QED) is 0.738. The molecule has 0 atom stereocenters. The number of imidazole rings is 1. The van der Waals surface area contributed by atoms with E-state index in [0.717, 1.165) is 18.7 Å². The van der Waals surface area contributed by atoms with Crippen LogP contribution < -0.4 is 5.73 Å². The Balaban J connectivity index is 1.97. The van der Waals surface area contributed by atoms with Crippen LogP contribution in [0.5, 0.6) is 0 Å². The molecule has 1 heterocycles. The molecular formula is C10H17N3. The van der Waals surface area contributed by atoms with Gasteiger partial charge >= 0.3 is 0 Å². The molecule has 1 aliphatic carbocycles. The number of nitrogens with zero attached hydrogens (tertiary/aromatic N) is 1. The van der Waals surface area contributed by atoms with Gasteiger partial charge in [0, 0.05) is 11.2 Å². The lowest BCUT2D eigenvalue weighted by Crippen LogP contribution is -2.22. The fourth-order valence-corrected chi connectivity index (χ4v) is 1.68. The van der Waals surface area contributed by atoms with Crippen LogP contribution in [0.2, 0.25) is 0 Å². The van der Waals surface area contributed by atoms with Crippen LogP contribution in [0.15, 0.2) is 0 Å². The van der Waals surface area contributed by atoms with Gasteiger partial charge in [0.15, 0.2) is 0 Å². The number of aryl methyl sites for hydroxylation is 3. The van der Waals surface area contributed by atoms with Gasteiger partial charge in [0.1, 0.15) is 5.82 Å². The molecule has 3 N–H and O–H groups in total. The molecular weight excluding hydrogens is 162 g/mol. The minimum absolute atomic E-state index is 0.152. The molecule has 0 radical (unpaired) electrons. The van der Waals surface area contributed by atoms with Crippen molar-refractivity contribution in [2.24, 2.45) is 5.73 Å². The Hall–Kier alpha value is -0.830. The molecule has 0 saturated heterocycles. The first kappa shape index (κ1) is 8.75. The second-order valence-corrected chi connectivity index (χ2v) is 4.26.